The molecule has 1 amide bonds. The highest BCUT2D eigenvalue weighted by Gasteiger charge is 2.23. The Hall–Kier alpha value is -0.810. The summed E-state index contributed by atoms with van der Waals surface area (Å²) in [5.74, 6) is 0.440. The van der Waals surface area contributed by atoms with E-state index in [1.54, 1.807) is 0 Å². The maximum atomic E-state index is 11.6. The van der Waals surface area contributed by atoms with Gasteiger partial charge in [0.05, 0.1) is 6.61 Å². The summed E-state index contributed by atoms with van der Waals surface area (Å²) in [6.45, 7) is 12.0. The number of alkyl carbamates (subject to hydrolysis) is 1. The van der Waals surface area contributed by atoms with Crippen LogP contribution in [-0.4, -0.2) is 43.5 Å². The van der Waals surface area contributed by atoms with Gasteiger partial charge in [-0.3, -0.25) is 0 Å². The second-order valence-corrected chi connectivity index (χ2v) is 6.46. The molecule has 2 N–H and O–H groups in total. The maximum Gasteiger partial charge on any atom is 0.407 e. The van der Waals surface area contributed by atoms with Crippen LogP contribution in [0.25, 0.3) is 0 Å². The Morgan fingerprint density at radius 1 is 1.42 bits per heavy atom. The van der Waals surface area contributed by atoms with E-state index in [1.165, 1.54) is 0 Å². The van der Waals surface area contributed by atoms with Gasteiger partial charge in [-0.25, -0.2) is 4.79 Å². The van der Waals surface area contributed by atoms with E-state index in [1.807, 2.05) is 20.8 Å². The normalized spacial score (nSPS) is 21.5. The van der Waals surface area contributed by atoms with E-state index in [-0.39, 0.29) is 12.1 Å². The first-order chi connectivity index (χ1) is 8.78. The highest BCUT2D eigenvalue weighted by Crippen LogP contribution is 2.09. The molecule has 5 heteroatoms. The zero-order valence-electron chi connectivity index (χ0n) is 12.8. The largest absolute Gasteiger partial charge is 0.444 e. The van der Waals surface area contributed by atoms with Crippen LogP contribution in [0, 0.1) is 5.92 Å². The molecule has 19 heavy (non-hydrogen) atoms. The minimum atomic E-state index is -0.454. The molecule has 1 saturated heterocycles. The Balaban J connectivity index is 2.34. The fourth-order valence-corrected chi connectivity index (χ4v) is 1.96. The molecule has 5 nitrogen and oxygen atoms in total. The second-order valence-electron chi connectivity index (χ2n) is 6.46. The number of amides is 1. The van der Waals surface area contributed by atoms with Gasteiger partial charge in [0.1, 0.15) is 5.60 Å². The standard InChI is InChI=1S/C14H28N2O3/c1-10(2)12(16-11-6-7-18-9-11)8-15-13(17)19-14(3,4)5/h10-12,16H,6-9H2,1-5H3,(H,15,17). The predicted octanol–water partition coefficient (Wildman–Crippen LogP) is 1.91. The first-order valence-electron chi connectivity index (χ1n) is 7.08. The Morgan fingerprint density at radius 2 is 2.11 bits per heavy atom. The molecule has 1 aliphatic heterocycles. The zero-order valence-corrected chi connectivity index (χ0v) is 12.8. The number of hydrogen-bond donors (Lipinski definition) is 2. The monoisotopic (exact) mass is 272 g/mol. The topological polar surface area (TPSA) is 59.6 Å². The molecule has 0 spiro atoms. The third-order valence-electron chi connectivity index (χ3n) is 3.05. The SMILES string of the molecule is CC(C)C(CNC(=O)OC(C)(C)C)NC1CCOC1. The average Bonchev–Trinajstić information content (AvgIpc) is 2.73. The quantitative estimate of drug-likeness (QED) is 0.802. The highest BCUT2D eigenvalue weighted by molar-refractivity contribution is 5.67. The van der Waals surface area contributed by atoms with Gasteiger partial charge in [0.2, 0.25) is 0 Å². The summed E-state index contributed by atoms with van der Waals surface area (Å²) in [7, 11) is 0. The van der Waals surface area contributed by atoms with Gasteiger partial charge in [-0.1, -0.05) is 13.8 Å². The summed E-state index contributed by atoms with van der Waals surface area (Å²) in [5.41, 5.74) is -0.454. The van der Waals surface area contributed by atoms with E-state index < -0.39 is 5.60 Å². The van der Waals surface area contributed by atoms with Crippen LogP contribution in [0.5, 0.6) is 0 Å². The molecule has 1 aliphatic rings. The van der Waals surface area contributed by atoms with Gasteiger partial charge in [0, 0.05) is 25.2 Å². The van der Waals surface area contributed by atoms with Gasteiger partial charge in [0.25, 0.3) is 0 Å². The summed E-state index contributed by atoms with van der Waals surface area (Å²) in [5, 5.41) is 6.37. The van der Waals surface area contributed by atoms with Crippen molar-refractivity contribution in [3.8, 4) is 0 Å². The first kappa shape index (κ1) is 16.2. The Bertz CT molecular complexity index is 281. The summed E-state index contributed by atoms with van der Waals surface area (Å²) in [6, 6.07) is 0.632. The van der Waals surface area contributed by atoms with Crippen molar-refractivity contribution in [1.29, 1.82) is 0 Å². The van der Waals surface area contributed by atoms with E-state index in [9.17, 15) is 4.79 Å². The molecule has 112 valence electrons. The van der Waals surface area contributed by atoms with Gasteiger partial charge >= 0.3 is 6.09 Å². The van der Waals surface area contributed by atoms with Crippen LogP contribution < -0.4 is 10.6 Å². The lowest BCUT2D eigenvalue weighted by atomic mass is 10.0. The van der Waals surface area contributed by atoms with E-state index in [0.29, 0.717) is 18.5 Å². The molecule has 0 aromatic heterocycles. The number of carbonyl (C=O) groups is 1. The molecule has 0 saturated carbocycles. The lowest BCUT2D eigenvalue weighted by molar-refractivity contribution is 0.0518. The number of hydrogen-bond acceptors (Lipinski definition) is 4. The number of carbonyl (C=O) groups excluding carboxylic acids is 1. The second kappa shape index (κ2) is 7.10. The molecule has 0 bridgehead atoms. The molecule has 1 rings (SSSR count). The van der Waals surface area contributed by atoms with Crippen LogP contribution in [0.3, 0.4) is 0 Å². The van der Waals surface area contributed by atoms with Gasteiger partial charge in [-0.05, 0) is 33.1 Å². The predicted molar refractivity (Wildman–Crippen MR) is 75.2 cm³/mol. The van der Waals surface area contributed by atoms with Crippen molar-refractivity contribution in [3.63, 3.8) is 0 Å². The van der Waals surface area contributed by atoms with Crippen LogP contribution in [0.4, 0.5) is 4.79 Å². The van der Waals surface area contributed by atoms with Gasteiger partial charge in [0.15, 0.2) is 0 Å². The Kier molecular flexibility index (Phi) is 6.07. The minimum absolute atomic E-state index is 0.235. The van der Waals surface area contributed by atoms with Crippen LogP contribution in [0.1, 0.15) is 41.0 Å². The zero-order chi connectivity index (χ0) is 14.5. The van der Waals surface area contributed by atoms with Crippen molar-refractivity contribution in [2.45, 2.75) is 58.7 Å². The van der Waals surface area contributed by atoms with Crippen molar-refractivity contribution in [2.24, 2.45) is 5.92 Å². The van der Waals surface area contributed by atoms with Crippen LogP contribution in [-0.2, 0) is 9.47 Å². The maximum absolute atomic E-state index is 11.6. The summed E-state index contributed by atoms with van der Waals surface area (Å²) in [4.78, 5) is 11.6. The molecule has 1 heterocycles. The van der Waals surface area contributed by atoms with Crippen molar-refractivity contribution >= 4 is 6.09 Å². The van der Waals surface area contributed by atoms with Crippen molar-refractivity contribution in [1.82, 2.24) is 10.6 Å². The summed E-state index contributed by atoms with van der Waals surface area (Å²) in [6.07, 6.45) is 0.679. The highest BCUT2D eigenvalue weighted by atomic mass is 16.6. The van der Waals surface area contributed by atoms with E-state index >= 15 is 0 Å². The average molecular weight is 272 g/mol. The Morgan fingerprint density at radius 3 is 2.58 bits per heavy atom. The molecule has 2 unspecified atom stereocenters. The molecule has 0 aromatic carbocycles. The van der Waals surface area contributed by atoms with Crippen LogP contribution in [0.15, 0.2) is 0 Å². The number of ether oxygens (including phenoxy) is 2. The molecule has 0 aromatic rings. The van der Waals surface area contributed by atoms with E-state index in [2.05, 4.69) is 24.5 Å². The van der Waals surface area contributed by atoms with Gasteiger partial charge in [-0.15, -0.1) is 0 Å². The van der Waals surface area contributed by atoms with Crippen LogP contribution in [0.2, 0.25) is 0 Å². The third-order valence-corrected chi connectivity index (χ3v) is 3.05. The Labute approximate surface area is 116 Å². The van der Waals surface area contributed by atoms with Gasteiger partial charge in [-0.2, -0.15) is 0 Å². The van der Waals surface area contributed by atoms with Crippen molar-refractivity contribution in [3.05, 3.63) is 0 Å². The molecular formula is C14H28N2O3. The molecule has 1 fully saturated rings. The van der Waals surface area contributed by atoms with E-state index in [0.717, 1.165) is 19.6 Å². The summed E-state index contributed by atoms with van der Waals surface area (Å²) >= 11 is 0. The van der Waals surface area contributed by atoms with Crippen molar-refractivity contribution in [2.75, 3.05) is 19.8 Å². The third kappa shape index (κ3) is 6.78. The molecule has 2 atom stereocenters. The van der Waals surface area contributed by atoms with Gasteiger partial charge < -0.3 is 20.1 Å². The lowest BCUT2D eigenvalue weighted by Crippen LogP contribution is -2.49. The lowest BCUT2D eigenvalue weighted by Gasteiger charge is -2.27. The number of rotatable bonds is 5. The van der Waals surface area contributed by atoms with Crippen molar-refractivity contribution < 1.29 is 14.3 Å². The molecular weight excluding hydrogens is 244 g/mol. The first-order valence-corrected chi connectivity index (χ1v) is 7.08. The number of nitrogens with one attached hydrogen (secondary N) is 2. The molecule has 0 aliphatic carbocycles. The fourth-order valence-electron chi connectivity index (χ4n) is 1.96. The molecule has 0 radical (unpaired) electrons. The smallest absolute Gasteiger partial charge is 0.407 e. The van der Waals surface area contributed by atoms with Crippen LogP contribution >= 0.6 is 0 Å². The fraction of sp³-hybridized carbons (Fsp3) is 0.929. The summed E-state index contributed by atoms with van der Waals surface area (Å²) < 4.78 is 10.6. The van der Waals surface area contributed by atoms with E-state index in [4.69, 9.17) is 9.47 Å². The minimum Gasteiger partial charge on any atom is -0.444 e.